The summed E-state index contributed by atoms with van der Waals surface area (Å²) in [4.78, 5) is 11.2. The molecule has 0 aliphatic rings. The van der Waals surface area contributed by atoms with Crippen molar-refractivity contribution in [2.24, 2.45) is 5.92 Å². The number of carbonyl (C=O) groups is 1. The fourth-order valence-corrected chi connectivity index (χ4v) is 0.592. The van der Waals surface area contributed by atoms with Gasteiger partial charge in [0.05, 0.1) is 12.0 Å². The van der Waals surface area contributed by atoms with Crippen LogP contribution in [0.1, 0.15) is 34.6 Å². The van der Waals surface area contributed by atoms with Gasteiger partial charge in [-0.3, -0.25) is 4.79 Å². The van der Waals surface area contributed by atoms with Crippen LogP contribution in [0, 0.1) is 5.92 Å². The highest BCUT2D eigenvalue weighted by atomic mass is 16.6. The monoisotopic (exact) mass is 174 g/mol. The van der Waals surface area contributed by atoms with Crippen LogP contribution in [0.4, 0.5) is 0 Å². The Kier molecular flexibility index (Phi) is 3.71. The van der Waals surface area contributed by atoms with Crippen molar-refractivity contribution < 1.29 is 14.6 Å². The summed E-state index contributed by atoms with van der Waals surface area (Å²) in [6.45, 7) is 8.65. The fourth-order valence-electron chi connectivity index (χ4n) is 0.592. The molecule has 3 heteroatoms. The summed E-state index contributed by atoms with van der Waals surface area (Å²) in [5, 5.41) is 9.09. The van der Waals surface area contributed by atoms with E-state index >= 15 is 0 Å². The van der Waals surface area contributed by atoms with Gasteiger partial charge in [0.25, 0.3) is 0 Å². The molecule has 1 N–H and O–H groups in total. The molecule has 0 saturated carbocycles. The maximum Gasteiger partial charge on any atom is 0.311 e. The van der Waals surface area contributed by atoms with Gasteiger partial charge >= 0.3 is 5.97 Å². The zero-order valence-corrected chi connectivity index (χ0v) is 8.42. The van der Waals surface area contributed by atoms with Gasteiger partial charge in [0.2, 0.25) is 0 Å². The van der Waals surface area contributed by atoms with Gasteiger partial charge in [0.1, 0.15) is 5.60 Å². The summed E-state index contributed by atoms with van der Waals surface area (Å²) in [6, 6.07) is 0. The maximum absolute atomic E-state index is 11.2. The first kappa shape index (κ1) is 11.4. The van der Waals surface area contributed by atoms with Crippen molar-refractivity contribution in [1.82, 2.24) is 0 Å². The van der Waals surface area contributed by atoms with E-state index in [1.54, 1.807) is 34.6 Å². The van der Waals surface area contributed by atoms with Crippen molar-refractivity contribution in [2.75, 3.05) is 0 Å². The predicted octanol–water partition coefficient (Wildman–Crippen LogP) is 1.34. The number of aliphatic hydroxyl groups is 1. The van der Waals surface area contributed by atoms with Crippen LogP contribution in [-0.2, 0) is 9.53 Å². The molecule has 2 atom stereocenters. The minimum absolute atomic E-state index is 0.350. The maximum atomic E-state index is 11.2. The van der Waals surface area contributed by atoms with E-state index < -0.39 is 17.6 Å². The van der Waals surface area contributed by atoms with Crippen LogP contribution in [0.2, 0.25) is 0 Å². The lowest BCUT2D eigenvalue weighted by atomic mass is 10.1. The second-order valence-electron chi connectivity index (χ2n) is 4.06. The van der Waals surface area contributed by atoms with E-state index in [-0.39, 0.29) is 5.97 Å². The van der Waals surface area contributed by atoms with E-state index in [4.69, 9.17) is 9.84 Å². The van der Waals surface area contributed by atoms with Crippen molar-refractivity contribution in [3.8, 4) is 0 Å². The second-order valence-corrected chi connectivity index (χ2v) is 4.06. The summed E-state index contributed by atoms with van der Waals surface area (Å²) >= 11 is 0. The molecular weight excluding hydrogens is 156 g/mol. The highest BCUT2D eigenvalue weighted by molar-refractivity contribution is 5.73. The molecule has 0 aromatic heterocycles. The molecule has 0 radical (unpaired) electrons. The van der Waals surface area contributed by atoms with Crippen molar-refractivity contribution in [2.45, 2.75) is 46.3 Å². The first-order valence-corrected chi connectivity index (χ1v) is 4.15. The summed E-state index contributed by atoms with van der Waals surface area (Å²) in [6.07, 6.45) is -0.653. The number of aliphatic hydroxyl groups excluding tert-OH is 1. The van der Waals surface area contributed by atoms with E-state index in [0.29, 0.717) is 0 Å². The molecule has 0 bridgehead atoms. The number of rotatable bonds is 2. The normalized spacial score (nSPS) is 16.8. The number of hydrogen-bond acceptors (Lipinski definition) is 3. The van der Waals surface area contributed by atoms with Gasteiger partial charge in [-0.1, -0.05) is 0 Å². The lowest BCUT2D eigenvalue weighted by Crippen LogP contribution is -2.32. The van der Waals surface area contributed by atoms with Gasteiger partial charge in [-0.05, 0) is 34.6 Å². The van der Waals surface area contributed by atoms with Crippen molar-refractivity contribution in [3.63, 3.8) is 0 Å². The molecule has 0 aromatic carbocycles. The molecule has 72 valence electrons. The van der Waals surface area contributed by atoms with Gasteiger partial charge in [0.15, 0.2) is 0 Å². The summed E-state index contributed by atoms with van der Waals surface area (Å²) in [5.41, 5.74) is -0.472. The Morgan fingerprint density at radius 1 is 1.33 bits per heavy atom. The van der Waals surface area contributed by atoms with Gasteiger partial charge in [0, 0.05) is 0 Å². The largest absolute Gasteiger partial charge is 0.460 e. The number of esters is 1. The van der Waals surface area contributed by atoms with Crippen LogP contribution >= 0.6 is 0 Å². The molecule has 0 amide bonds. The molecule has 0 saturated heterocycles. The fraction of sp³-hybridized carbons (Fsp3) is 0.889. The molecule has 0 spiro atoms. The third-order valence-corrected chi connectivity index (χ3v) is 1.50. The lowest BCUT2D eigenvalue weighted by molar-refractivity contribution is -0.162. The number of ether oxygens (including phenoxy) is 1. The molecule has 0 unspecified atom stereocenters. The zero-order chi connectivity index (χ0) is 9.94. The molecule has 0 aliphatic heterocycles. The summed E-state index contributed by atoms with van der Waals surface area (Å²) < 4.78 is 5.06. The Bertz CT molecular complexity index is 156. The average Bonchev–Trinajstić information content (AvgIpc) is 1.82. The topological polar surface area (TPSA) is 46.5 Å². The Morgan fingerprint density at radius 3 is 2.00 bits per heavy atom. The van der Waals surface area contributed by atoms with Gasteiger partial charge in [-0.25, -0.2) is 0 Å². The van der Waals surface area contributed by atoms with Crippen molar-refractivity contribution >= 4 is 5.97 Å². The van der Waals surface area contributed by atoms with E-state index in [1.165, 1.54) is 0 Å². The summed E-state index contributed by atoms with van der Waals surface area (Å²) in [7, 11) is 0. The van der Waals surface area contributed by atoms with Crippen molar-refractivity contribution in [3.05, 3.63) is 0 Å². The standard InChI is InChI=1S/C9H18O3/c1-6(7(2)10)8(11)12-9(3,4)5/h6-7,10H,1-5H3/t6-,7+/m1/s1. The van der Waals surface area contributed by atoms with Gasteiger partial charge in [-0.15, -0.1) is 0 Å². The van der Waals surface area contributed by atoms with E-state index in [0.717, 1.165) is 0 Å². The van der Waals surface area contributed by atoms with E-state index in [2.05, 4.69) is 0 Å². The molecule has 0 aliphatic carbocycles. The Labute approximate surface area is 73.7 Å². The lowest BCUT2D eigenvalue weighted by Gasteiger charge is -2.23. The predicted molar refractivity (Wildman–Crippen MR) is 46.7 cm³/mol. The SMILES string of the molecule is C[C@H](O)[C@@H](C)C(=O)OC(C)(C)C. The van der Waals surface area contributed by atoms with E-state index in [1.807, 2.05) is 0 Å². The molecule has 0 fully saturated rings. The Hall–Kier alpha value is -0.570. The third kappa shape index (κ3) is 4.34. The molecular formula is C9H18O3. The minimum atomic E-state index is -0.653. The molecule has 0 heterocycles. The van der Waals surface area contributed by atoms with Crippen LogP contribution < -0.4 is 0 Å². The molecule has 12 heavy (non-hydrogen) atoms. The van der Waals surface area contributed by atoms with Crippen LogP contribution in [0.5, 0.6) is 0 Å². The Balaban J connectivity index is 4.05. The van der Waals surface area contributed by atoms with Crippen LogP contribution in [0.3, 0.4) is 0 Å². The van der Waals surface area contributed by atoms with Crippen LogP contribution in [0.15, 0.2) is 0 Å². The molecule has 0 aromatic rings. The van der Waals surface area contributed by atoms with Crippen molar-refractivity contribution in [1.29, 1.82) is 0 Å². The third-order valence-electron chi connectivity index (χ3n) is 1.50. The molecule has 3 nitrogen and oxygen atoms in total. The second kappa shape index (κ2) is 3.90. The number of hydrogen-bond donors (Lipinski definition) is 1. The van der Waals surface area contributed by atoms with Crippen LogP contribution in [-0.4, -0.2) is 22.8 Å². The Morgan fingerprint density at radius 2 is 1.75 bits per heavy atom. The average molecular weight is 174 g/mol. The zero-order valence-electron chi connectivity index (χ0n) is 8.42. The first-order chi connectivity index (χ1) is 5.24. The summed E-state index contributed by atoms with van der Waals surface area (Å²) in [5.74, 6) is -0.804. The highest BCUT2D eigenvalue weighted by Crippen LogP contribution is 2.13. The smallest absolute Gasteiger partial charge is 0.311 e. The number of carbonyl (C=O) groups excluding carboxylic acids is 1. The van der Waals surface area contributed by atoms with E-state index in [9.17, 15) is 4.79 Å². The minimum Gasteiger partial charge on any atom is -0.460 e. The first-order valence-electron chi connectivity index (χ1n) is 4.15. The van der Waals surface area contributed by atoms with Gasteiger partial charge < -0.3 is 9.84 Å². The van der Waals surface area contributed by atoms with Crippen LogP contribution in [0.25, 0.3) is 0 Å². The molecule has 0 rings (SSSR count). The quantitative estimate of drug-likeness (QED) is 0.643. The highest BCUT2D eigenvalue weighted by Gasteiger charge is 2.24. The van der Waals surface area contributed by atoms with Gasteiger partial charge in [-0.2, -0.15) is 0 Å².